The van der Waals surface area contributed by atoms with Crippen molar-refractivity contribution in [1.82, 2.24) is 20.0 Å². The molecule has 0 aliphatic heterocycles. The van der Waals surface area contributed by atoms with Crippen molar-refractivity contribution < 1.29 is 5.11 Å². The minimum Gasteiger partial charge on any atom is -0.388 e. The molecule has 0 saturated carbocycles. The Bertz CT molecular complexity index is 533. The Hall–Kier alpha value is -1.53. The Balaban J connectivity index is 2.24. The van der Waals surface area contributed by atoms with Crippen LogP contribution in [0.15, 0.2) is 6.20 Å². The van der Waals surface area contributed by atoms with Crippen LogP contribution in [0.3, 0.4) is 0 Å². The van der Waals surface area contributed by atoms with Crippen LogP contribution in [-0.4, -0.2) is 25.1 Å². The van der Waals surface area contributed by atoms with E-state index in [-0.39, 0.29) is 0 Å². The largest absolute Gasteiger partial charge is 0.388 e. The van der Waals surface area contributed by atoms with Gasteiger partial charge in [-0.25, -0.2) is 0 Å². The minimum atomic E-state index is -0.742. The fraction of sp³-hybridized carbons (Fsp3) is 0.400. The van der Waals surface area contributed by atoms with Gasteiger partial charge in [-0.15, -0.1) is 0 Å². The number of nitrogens with two attached hydrogens (primary N) is 1. The van der Waals surface area contributed by atoms with Gasteiger partial charge in [0.05, 0.1) is 18.0 Å². The van der Waals surface area contributed by atoms with Gasteiger partial charge in [0.2, 0.25) is 0 Å². The van der Waals surface area contributed by atoms with Crippen LogP contribution in [0.5, 0.6) is 0 Å². The summed E-state index contributed by atoms with van der Waals surface area (Å²) in [6.45, 7) is 1.85. The lowest BCUT2D eigenvalue weighted by molar-refractivity contribution is 0.179. The maximum absolute atomic E-state index is 10.1. The van der Waals surface area contributed by atoms with Gasteiger partial charge in [-0.3, -0.25) is 9.78 Å². The number of nitrogens with one attached hydrogen (secondary N) is 1. The number of hydrogen-bond acceptors (Lipinski definition) is 4. The van der Waals surface area contributed by atoms with Gasteiger partial charge in [0.1, 0.15) is 11.0 Å². The molecule has 4 N–H and O–H groups in total. The van der Waals surface area contributed by atoms with Crippen molar-refractivity contribution in [3.05, 3.63) is 28.2 Å². The molecule has 2 aromatic heterocycles. The molecular formula is C10H14ClN5O. The lowest BCUT2D eigenvalue weighted by Crippen LogP contribution is -2.04. The molecule has 7 heteroatoms. The van der Waals surface area contributed by atoms with Crippen molar-refractivity contribution >= 4 is 17.4 Å². The summed E-state index contributed by atoms with van der Waals surface area (Å²) < 4.78 is 1.58. The summed E-state index contributed by atoms with van der Waals surface area (Å²) in [7, 11) is 1.76. The maximum Gasteiger partial charge on any atom is 0.130 e. The fourth-order valence-corrected chi connectivity index (χ4v) is 2.03. The van der Waals surface area contributed by atoms with Gasteiger partial charge in [-0.2, -0.15) is 10.2 Å². The van der Waals surface area contributed by atoms with Crippen LogP contribution in [0.25, 0.3) is 0 Å². The van der Waals surface area contributed by atoms with E-state index in [4.69, 9.17) is 17.3 Å². The summed E-state index contributed by atoms with van der Waals surface area (Å²) in [5, 5.41) is 21.1. The van der Waals surface area contributed by atoms with Crippen molar-refractivity contribution in [1.29, 1.82) is 0 Å². The quantitative estimate of drug-likeness (QED) is 0.762. The van der Waals surface area contributed by atoms with Crippen LogP contribution in [0, 0.1) is 6.92 Å². The number of aromatic amines is 1. The Morgan fingerprint density at radius 2 is 2.35 bits per heavy atom. The van der Waals surface area contributed by atoms with E-state index in [1.165, 1.54) is 6.20 Å². The predicted molar refractivity (Wildman–Crippen MR) is 64.6 cm³/mol. The first-order chi connectivity index (χ1) is 8.00. The SMILES string of the molecule is Cc1nn(C)c(Cl)c1CC(O)c1cn[nH]c1N. The molecule has 0 fully saturated rings. The zero-order valence-corrected chi connectivity index (χ0v) is 10.4. The predicted octanol–water partition coefficient (Wildman–Crippen LogP) is 0.963. The van der Waals surface area contributed by atoms with E-state index >= 15 is 0 Å². The Morgan fingerprint density at radius 1 is 1.65 bits per heavy atom. The van der Waals surface area contributed by atoms with Crippen LogP contribution < -0.4 is 5.73 Å². The molecule has 0 spiro atoms. The molecule has 2 aromatic rings. The van der Waals surface area contributed by atoms with E-state index in [2.05, 4.69) is 15.3 Å². The molecule has 0 aliphatic carbocycles. The highest BCUT2D eigenvalue weighted by molar-refractivity contribution is 6.30. The maximum atomic E-state index is 10.1. The second-order valence-electron chi connectivity index (χ2n) is 3.94. The highest BCUT2D eigenvalue weighted by atomic mass is 35.5. The molecule has 1 atom stereocenters. The topological polar surface area (TPSA) is 92.7 Å². The number of aryl methyl sites for hydroxylation is 2. The molecular weight excluding hydrogens is 242 g/mol. The number of aliphatic hydroxyl groups excluding tert-OH is 1. The number of aromatic nitrogens is 4. The van der Waals surface area contributed by atoms with Gasteiger partial charge in [0, 0.05) is 24.6 Å². The third-order valence-electron chi connectivity index (χ3n) is 2.73. The number of nitrogens with zero attached hydrogens (tertiary/aromatic N) is 3. The lowest BCUT2D eigenvalue weighted by Gasteiger charge is -2.09. The average molecular weight is 256 g/mol. The lowest BCUT2D eigenvalue weighted by atomic mass is 10.0. The normalized spacial score (nSPS) is 12.9. The van der Waals surface area contributed by atoms with Crippen LogP contribution in [0.1, 0.15) is 22.9 Å². The molecule has 0 saturated heterocycles. The molecule has 6 nitrogen and oxygen atoms in total. The first-order valence-electron chi connectivity index (χ1n) is 5.15. The summed E-state index contributed by atoms with van der Waals surface area (Å²) in [5.41, 5.74) is 7.84. The fourth-order valence-electron chi connectivity index (χ4n) is 1.78. The Labute approximate surface area is 103 Å². The Morgan fingerprint density at radius 3 is 2.82 bits per heavy atom. The van der Waals surface area contributed by atoms with Crippen LogP contribution in [0.4, 0.5) is 5.82 Å². The summed E-state index contributed by atoms with van der Waals surface area (Å²) in [6.07, 6.45) is 1.14. The first-order valence-corrected chi connectivity index (χ1v) is 5.53. The molecule has 0 radical (unpaired) electrons. The van der Waals surface area contributed by atoms with Gasteiger partial charge in [0.15, 0.2) is 0 Å². The van der Waals surface area contributed by atoms with Crippen LogP contribution in [-0.2, 0) is 13.5 Å². The van der Waals surface area contributed by atoms with Gasteiger partial charge in [-0.1, -0.05) is 11.6 Å². The smallest absolute Gasteiger partial charge is 0.130 e. The summed E-state index contributed by atoms with van der Waals surface area (Å²) in [4.78, 5) is 0. The molecule has 2 rings (SSSR count). The van der Waals surface area contributed by atoms with Crippen molar-refractivity contribution in [2.75, 3.05) is 5.73 Å². The first kappa shape index (κ1) is 11.9. The number of anilines is 1. The average Bonchev–Trinajstić information content (AvgIpc) is 2.78. The molecule has 1 unspecified atom stereocenters. The van der Waals surface area contributed by atoms with Crippen molar-refractivity contribution in [2.45, 2.75) is 19.4 Å². The zero-order chi connectivity index (χ0) is 12.6. The molecule has 17 heavy (non-hydrogen) atoms. The number of nitrogen functional groups attached to an aromatic ring is 1. The minimum absolute atomic E-state index is 0.363. The summed E-state index contributed by atoms with van der Waals surface area (Å²) in [5.74, 6) is 0.371. The van der Waals surface area contributed by atoms with E-state index < -0.39 is 6.10 Å². The van der Waals surface area contributed by atoms with E-state index in [9.17, 15) is 5.11 Å². The van der Waals surface area contributed by atoms with Gasteiger partial charge in [-0.05, 0) is 6.92 Å². The number of H-pyrrole nitrogens is 1. The molecule has 0 aliphatic rings. The standard InChI is InChI=1S/C10H14ClN5O/c1-5-6(9(11)16(2)15-5)3-8(17)7-4-13-14-10(7)12/h4,8,17H,3H2,1-2H3,(H3,12,13,14). The van der Waals surface area contributed by atoms with Crippen LogP contribution >= 0.6 is 11.6 Å². The number of halogens is 1. The Kier molecular flexibility index (Phi) is 3.08. The van der Waals surface area contributed by atoms with Gasteiger partial charge < -0.3 is 10.8 Å². The van der Waals surface area contributed by atoms with E-state index in [1.807, 2.05) is 6.92 Å². The summed E-state index contributed by atoms with van der Waals surface area (Å²) >= 11 is 6.09. The van der Waals surface area contributed by atoms with Crippen molar-refractivity contribution in [3.63, 3.8) is 0 Å². The number of hydrogen-bond donors (Lipinski definition) is 3. The van der Waals surface area contributed by atoms with E-state index in [0.29, 0.717) is 23.0 Å². The molecule has 92 valence electrons. The second kappa shape index (κ2) is 4.38. The van der Waals surface area contributed by atoms with E-state index in [0.717, 1.165) is 11.3 Å². The molecule has 0 amide bonds. The second-order valence-corrected chi connectivity index (χ2v) is 4.30. The van der Waals surface area contributed by atoms with Gasteiger partial charge in [0.25, 0.3) is 0 Å². The summed E-state index contributed by atoms with van der Waals surface area (Å²) in [6, 6.07) is 0. The highest BCUT2D eigenvalue weighted by Gasteiger charge is 2.19. The van der Waals surface area contributed by atoms with Crippen molar-refractivity contribution in [3.8, 4) is 0 Å². The molecule has 2 heterocycles. The third-order valence-corrected chi connectivity index (χ3v) is 3.20. The number of aliphatic hydroxyl groups is 1. The zero-order valence-electron chi connectivity index (χ0n) is 9.61. The monoisotopic (exact) mass is 255 g/mol. The molecule has 0 bridgehead atoms. The van der Waals surface area contributed by atoms with Gasteiger partial charge >= 0.3 is 0 Å². The molecule has 0 aromatic carbocycles. The van der Waals surface area contributed by atoms with Crippen molar-refractivity contribution in [2.24, 2.45) is 7.05 Å². The van der Waals surface area contributed by atoms with Crippen LogP contribution in [0.2, 0.25) is 5.15 Å². The highest BCUT2D eigenvalue weighted by Crippen LogP contribution is 2.27. The number of rotatable bonds is 3. The van der Waals surface area contributed by atoms with E-state index in [1.54, 1.807) is 11.7 Å². The third kappa shape index (κ3) is 2.13.